The third-order valence-electron chi connectivity index (χ3n) is 9.69. The first-order valence-corrected chi connectivity index (χ1v) is 18.4. The van der Waals surface area contributed by atoms with Gasteiger partial charge >= 0.3 is 12.1 Å². The maximum Gasteiger partial charge on any atom is 0.408 e. The highest BCUT2D eigenvalue weighted by Gasteiger charge is 2.46. The summed E-state index contributed by atoms with van der Waals surface area (Å²) in [6.07, 6.45) is -0.582. The van der Waals surface area contributed by atoms with Crippen LogP contribution in [0.15, 0.2) is 0 Å². The van der Waals surface area contributed by atoms with E-state index in [0.29, 0.717) is 6.42 Å². The summed E-state index contributed by atoms with van der Waals surface area (Å²) in [7, 11) is 6.82. The van der Waals surface area contributed by atoms with Gasteiger partial charge in [0, 0.05) is 34.7 Å². The Balaban J connectivity index is 3.43. The molecule has 1 heterocycles. The van der Waals surface area contributed by atoms with Crippen molar-refractivity contribution < 1.29 is 47.8 Å². The van der Waals surface area contributed by atoms with Crippen LogP contribution in [0.2, 0.25) is 0 Å². The molecule has 0 aliphatic carbocycles. The number of nitrogens with zero attached hydrogens (tertiary/aromatic N) is 5. The molecule has 1 aliphatic rings. The van der Waals surface area contributed by atoms with Crippen molar-refractivity contribution in [3.8, 4) is 0 Å². The summed E-state index contributed by atoms with van der Waals surface area (Å²) in [4.78, 5) is 113. The van der Waals surface area contributed by atoms with Crippen LogP contribution < -0.4 is 11.1 Å². The number of primary amides is 1. The van der Waals surface area contributed by atoms with Crippen LogP contribution in [0.25, 0.3) is 0 Å². The van der Waals surface area contributed by atoms with Crippen molar-refractivity contribution in [2.24, 2.45) is 23.5 Å². The van der Waals surface area contributed by atoms with Gasteiger partial charge in [-0.1, -0.05) is 41.5 Å². The predicted octanol–water partition coefficient (Wildman–Crippen LogP) is 1.22. The molecular formula is C37H65N7O10. The maximum atomic E-state index is 14.4. The second-order valence-corrected chi connectivity index (χ2v) is 16.1. The molecular weight excluding hydrogens is 702 g/mol. The van der Waals surface area contributed by atoms with E-state index < -0.39 is 108 Å². The van der Waals surface area contributed by atoms with Crippen LogP contribution in [0.4, 0.5) is 4.79 Å². The molecule has 0 radical (unpaired) electrons. The average Bonchev–Trinajstić information content (AvgIpc) is 3.56. The van der Waals surface area contributed by atoms with E-state index in [2.05, 4.69) is 5.32 Å². The molecule has 308 valence electrons. The van der Waals surface area contributed by atoms with E-state index in [1.54, 1.807) is 62.3 Å². The fourth-order valence-electron chi connectivity index (χ4n) is 6.63. The maximum absolute atomic E-state index is 14.4. The van der Waals surface area contributed by atoms with Crippen molar-refractivity contribution in [3.63, 3.8) is 0 Å². The highest BCUT2D eigenvalue weighted by atomic mass is 16.6. The Labute approximate surface area is 320 Å². The normalized spacial score (nSPS) is 17.2. The number of likely N-dealkylation sites (tertiary alicyclic amines) is 1. The quantitative estimate of drug-likeness (QED) is 0.215. The van der Waals surface area contributed by atoms with Crippen LogP contribution in [0.3, 0.4) is 0 Å². The fourth-order valence-corrected chi connectivity index (χ4v) is 6.63. The van der Waals surface area contributed by atoms with Crippen molar-refractivity contribution in [2.75, 3.05) is 41.8 Å². The summed E-state index contributed by atoms with van der Waals surface area (Å²) in [6.45, 7) is 17.4. The molecule has 0 aromatic rings. The largest absolute Gasteiger partial charge is 0.467 e. The summed E-state index contributed by atoms with van der Waals surface area (Å²) >= 11 is 0. The summed E-state index contributed by atoms with van der Waals surface area (Å²) < 4.78 is 10.1. The molecule has 1 aliphatic heterocycles. The van der Waals surface area contributed by atoms with E-state index >= 15 is 0 Å². The van der Waals surface area contributed by atoms with Crippen molar-refractivity contribution in [3.05, 3.63) is 0 Å². The Morgan fingerprint density at radius 3 is 1.72 bits per heavy atom. The molecule has 0 aromatic heterocycles. The van der Waals surface area contributed by atoms with E-state index in [9.17, 15) is 38.4 Å². The van der Waals surface area contributed by atoms with Gasteiger partial charge < -0.3 is 45.0 Å². The molecule has 17 heteroatoms. The highest BCUT2D eigenvalue weighted by Crippen LogP contribution is 2.26. The molecule has 17 nitrogen and oxygen atoms in total. The third kappa shape index (κ3) is 12.0. The lowest BCUT2D eigenvalue weighted by Crippen LogP contribution is -2.62. The molecule has 7 amide bonds. The van der Waals surface area contributed by atoms with Crippen LogP contribution in [0.5, 0.6) is 0 Å². The van der Waals surface area contributed by atoms with Gasteiger partial charge in [0.15, 0.2) is 0 Å². The van der Waals surface area contributed by atoms with E-state index in [-0.39, 0.29) is 18.9 Å². The first kappa shape index (κ1) is 47.6. The lowest BCUT2D eigenvalue weighted by Gasteiger charge is -2.41. The molecule has 1 fully saturated rings. The number of ether oxygens (including phenoxy) is 2. The van der Waals surface area contributed by atoms with E-state index in [1.165, 1.54) is 56.9 Å². The smallest absolute Gasteiger partial charge is 0.408 e. The molecule has 0 aromatic carbocycles. The number of carbonyl (C=O) groups excluding carboxylic acids is 8. The topological polar surface area (TPSA) is 209 Å². The Bertz CT molecular complexity index is 1400. The summed E-state index contributed by atoms with van der Waals surface area (Å²) in [5, 5.41) is 2.64. The summed E-state index contributed by atoms with van der Waals surface area (Å²) in [5.41, 5.74) is 4.67. The molecule has 6 atom stereocenters. The van der Waals surface area contributed by atoms with Crippen molar-refractivity contribution >= 4 is 47.5 Å². The van der Waals surface area contributed by atoms with E-state index in [1.807, 2.05) is 0 Å². The molecule has 54 heavy (non-hydrogen) atoms. The van der Waals surface area contributed by atoms with Gasteiger partial charge in [-0.25, -0.2) is 9.59 Å². The fraction of sp³-hybridized carbons (Fsp3) is 0.784. The zero-order valence-electron chi connectivity index (χ0n) is 34.9. The monoisotopic (exact) mass is 767 g/mol. The number of nitrogens with one attached hydrogen (secondary N) is 1. The molecule has 3 N–H and O–H groups in total. The van der Waals surface area contributed by atoms with Gasteiger partial charge in [0.2, 0.25) is 35.4 Å². The van der Waals surface area contributed by atoms with Crippen LogP contribution in [0, 0.1) is 17.8 Å². The van der Waals surface area contributed by atoms with Crippen molar-refractivity contribution in [1.82, 2.24) is 29.8 Å². The molecule has 1 saturated heterocycles. The first-order valence-electron chi connectivity index (χ1n) is 18.4. The minimum atomic E-state index is -1.37. The molecule has 0 bridgehead atoms. The molecule has 0 spiro atoms. The van der Waals surface area contributed by atoms with Gasteiger partial charge in [0.05, 0.1) is 13.5 Å². The number of rotatable bonds is 16. The lowest BCUT2D eigenvalue weighted by atomic mass is 9.95. The summed E-state index contributed by atoms with van der Waals surface area (Å²) in [6, 6.07) is -6.48. The van der Waals surface area contributed by atoms with Gasteiger partial charge in [0.25, 0.3) is 0 Å². The van der Waals surface area contributed by atoms with Crippen LogP contribution in [-0.2, 0) is 43.0 Å². The average molecular weight is 768 g/mol. The zero-order chi connectivity index (χ0) is 42.2. The Kier molecular flexibility index (Phi) is 17.4. The number of amides is 7. The Hall–Kier alpha value is -4.44. The minimum Gasteiger partial charge on any atom is -0.467 e. The summed E-state index contributed by atoms with van der Waals surface area (Å²) in [5.74, 6) is -5.58. The number of hydrogen-bond donors (Lipinski definition) is 2. The molecule has 1 rings (SSSR count). The number of esters is 1. The van der Waals surface area contributed by atoms with Crippen LogP contribution >= 0.6 is 0 Å². The van der Waals surface area contributed by atoms with E-state index in [4.69, 9.17) is 15.2 Å². The number of alkyl carbamates (subject to hydrolysis) is 1. The van der Waals surface area contributed by atoms with Gasteiger partial charge in [-0.15, -0.1) is 0 Å². The van der Waals surface area contributed by atoms with E-state index in [0.717, 1.165) is 9.80 Å². The van der Waals surface area contributed by atoms with Crippen molar-refractivity contribution in [2.45, 2.75) is 130 Å². The standard InChI is InChI=1S/C37H65N7O10/c1-20(2)27(39-36(52)54-37(8,9)10)32(48)42(13)28(21(3)4)33(49)43(14)29(22(5)6)34(50)44-18-16-17-24(44)30(46)41(12)25(19-26(38)45)31(47)40(11)23(7)35(51)53-15/h20-25,27-29H,16-19H2,1-15H3,(H2,38,45)(H,39,52). The van der Waals surface area contributed by atoms with Gasteiger partial charge in [-0.2, -0.15) is 0 Å². The van der Waals surface area contributed by atoms with Gasteiger partial charge in [0.1, 0.15) is 41.9 Å². The molecule has 0 saturated carbocycles. The Morgan fingerprint density at radius 2 is 1.28 bits per heavy atom. The second kappa shape index (κ2) is 19.8. The number of likely N-dealkylation sites (N-methyl/N-ethyl adjacent to an activating group) is 4. The van der Waals surface area contributed by atoms with Crippen LogP contribution in [0.1, 0.15) is 88.5 Å². The highest BCUT2D eigenvalue weighted by molar-refractivity contribution is 5.98. The number of hydrogen-bond acceptors (Lipinski definition) is 10. The first-order chi connectivity index (χ1) is 24.7. The van der Waals surface area contributed by atoms with Gasteiger partial charge in [-0.05, 0) is 58.3 Å². The Morgan fingerprint density at radius 1 is 0.759 bits per heavy atom. The predicted molar refractivity (Wildman–Crippen MR) is 200 cm³/mol. The zero-order valence-corrected chi connectivity index (χ0v) is 34.9. The second-order valence-electron chi connectivity index (χ2n) is 16.1. The minimum absolute atomic E-state index is 0.195. The molecule has 6 unspecified atom stereocenters. The van der Waals surface area contributed by atoms with Crippen LogP contribution in [-0.4, -0.2) is 156 Å². The number of methoxy groups -OCH3 is 1. The third-order valence-corrected chi connectivity index (χ3v) is 9.69. The van der Waals surface area contributed by atoms with Gasteiger partial charge in [-0.3, -0.25) is 28.8 Å². The SMILES string of the molecule is COC(=O)C(C)N(C)C(=O)C(CC(N)=O)N(C)C(=O)C1CCCN1C(=O)C(C(C)C)N(C)C(=O)C(C(C)C)N(C)C(=O)C(NC(=O)OC(C)(C)C)C(C)C. The lowest BCUT2D eigenvalue weighted by molar-refractivity contribution is -0.158. The van der Waals surface area contributed by atoms with Crippen molar-refractivity contribution in [1.29, 1.82) is 0 Å². The number of nitrogens with two attached hydrogens (primary N) is 1. The number of carbonyl (C=O) groups is 8.